The van der Waals surface area contributed by atoms with Crippen molar-refractivity contribution in [1.29, 1.82) is 0 Å². The highest BCUT2D eigenvalue weighted by molar-refractivity contribution is 5.73. The van der Waals surface area contributed by atoms with Gasteiger partial charge in [0.05, 0.1) is 25.7 Å². The number of allylic oxidation sites excluding steroid dienone is 1. The van der Waals surface area contributed by atoms with Crippen LogP contribution in [0.3, 0.4) is 0 Å². The third-order valence-electron chi connectivity index (χ3n) is 15.7. The van der Waals surface area contributed by atoms with Crippen molar-refractivity contribution in [3.63, 3.8) is 0 Å². The monoisotopic (exact) mass is 701 g/mol. The summed E-state index contributed by atoms with van der Waals surface area (Å²) >= 11 is 0. The second-order valence-electron chi connectivity index (χ2n) is 18.4. The van der Waals surface area contributed by atoms with Gasteiger partial charge in [-0.2, -0.15) is 0 Å². The van der Waals surface area contributed by atoms with Gasteiger partial charge >= 0.3 is 17.9 Å². The summed E-state index contributed by atoms with van der Waals surface area (Å²) in [6.07, 6.45) is 6.23. The van der Waals surface area contributed by atoms with Gasteiger partial charge in [0, 0.05) is 30.8 Å². The van der Waals surface area contributed by atoms with E-state index >= 15 is 0 Å². The van der Waals surface area contributed by atoms with E-state index in [2.05, 4.69) is 73.3 Å². The predicted octanol–water partition coefficient (Wildman–Crippen LogP) is 6.69. The molecular weight excluding hydrogens is 632 g/mol. The standard InChI is InChI=1S/C41H68N2O7/c1-12-43(13-2)21-20-42(11)23-33(45)50-35-31(49-28(6)44)22-41-25-48-24-38(35,8)32(41)15-14-29-30(41)16-17-40(10)34(36(46)47)37(7,27(5)26(3)4)18-19-39(29,40)9/h16,26-27,29,31-32,34-35H,12-15,17-25H2,1-11H3,(H,46,47)/t27-,29+,31-,32+,34-,35+,37-,38-,39-,40+,41+/m1/s1. The number of hydrogen-bond acceptors (Lipinski definition) is 8. The molecule has 5 aliphatic rings. The van der Waals surface area contributed by atoms with Gasteiger partial charge in [-0.1, -0.05) is 74.0 Å². The summed E-state index contributed by atoms with van der Waals surface area (Å²) in [6.45, 7) is 26.2. The predicted molar refractivity (Wildman–Crippen MR) is 194 cm³/mol. The molecule has 5 rings (SSSR count). The first-order valence-corrected chi connectivity index (χ1v) is 19.6. The number of carbonyl (C=O) groups excluding carboxylic acids is 2. The van der Waals surface area contributed by atoms with Gasteiger partial charge in [0.1, 0.15) is 12.2 Å². The summed E-state index contributed by atoms with van der Waals surface area (Å²) in [6, 6.07) is 0. The van der Waals surface area contributed by atoms with Gasteiger partial charge in [-0.15, -0.1) is 0 Å². The van der Waals surface area contributed by atoms with Crippen LogP contribution in [0.2, 0.25) is 0 Å². The third kappa shape index (κ3) is 6.17. The van der Waals surface area contributed by atoms with Gasteiger partial charge in [0.15, 0.2) is 0 Å². The number of carboxylic acid groups (broad SMARTS) is 1. The fraction of sp³-hybridized carbons (Fsp3) is 0.878. The average molecular weight is 701 g/mol. The number of carboxylic acids is 1. The lowest BCUT2D eigenvalue weighted by molar-refractivity contribution is -0.263. The molecule has 4 fully saturated rings. The van der Waals surface area contributed by atoms with E-state index in [1.54, 1.807) is 0 Å². The van der Waals surface area contributed by atoms with Crippen LogP contribution in [0.1, 0.15) is 108 Å². The molecule has 2 bridgehead atoms. The molecule has 3 saturated carbocycles. The van der Waals surface area contributed by atoms with Crippen LogP contribution in [0.15, 0.2) is 11.6 Å². The van der Waals surface area contributed by atoms with Crippen molar-refractivity contribution < 1.29 is 33.7 Å². The zero-order chi connectivity index (χ0) is 37.0. The molecule has 1 saturated heterocycles. The Bertz CT molecular complexity index is 1330. The fourth-order valence-corrected chi connectivity index (χ4v) is 12.4. The van der Waals surface area contributed by atoms with Gasteiger partial charge in [-0.25, -0.2) is 0 Å². The molecule has 9 heteroatoms. The van der Waals surface area contributed by atoms with Gasteiger partial charge in [-0.05, 0) is 98.6 Å². The lowest BCUT2D eigenvalue weighted by Crippen LogP contribution is -2.70. The Hall–Kier alpha value is -1.97. The van der Waals surface area contributed by atoms with Crippen molar-refractivity contribution in [2.45, 2.75) is 120 Å². The van der Waals surface area contributed by atoms with Crippen LogP contribution in [-0.2, 0) is 28.6 Å². The number of hydrogen-bond donors (Lipinski definition) is 1. The van der Waals surface area contributed by atoms with Crippen LogP contribution in [0.5, 0.6) is 0 Å². The molecule has 11 atom stereocenters. The summed E-state index contributed by atoms with van der Waals surface area (Å²) in [5.74, 6) is -0.724. The molecule has 9 nitrogen and oxygen atoms in total. The van der Waals surface area contributed by atoms with Crippen LogP contribution in [-0.4, -0.2) is 98.0 Å². The van der Waals surface area contributed by atoms with E-state index in [4.69, 9.17) is 14.2 Å². The van der Waals surface area contributed by atoms with Crippen molar-refractivity contribution in [3.05, 3.63) is 11.6 Å². The topological polar surface area (TPSA) is 106 Å². The van der Waals surface area contributed by atoms with Gasteiger partial charge in [0.2, 0.25) is 0 Å². The molecular formula is C41H68N2O7. The number of likely N-dealkylation sites (N-methyl/N-ethyl adjacent to an activating group) is 2. The summed E-state index contributed by atoms with van der Waals surface area (Å²) in [5, 5.41) is 11.0. The summed E-state index contributed by atoms with van der Waals surface area (Å²) < 4.78 is 19.1. The van der Waals surface area contributed by atoms with E-state index in [1.807, 2.05) is 11.9 Å². The van der Waals surface area contributed by atoms with Crippen molar-refractivity contribution in [2.24, 2.45) is 56.7 Å². The molecule has 4 aliphatic carbocycles. The van der Waals surface area contributed by atoms with E-state index < -0.39 is 34.9 Å². The lowest BCUT2D eigenvalue weighted by atomic mass is 9.34. The smallest absolute Gasteiger partial charge is 0.320 e. The van der Waals surface area contributed by atoms with Crippen molar-refractivity contribution in [3.8, 4) is 0 Å². The Morgan fingerprint density at radius 2 is 1.66 bits per heavy atom. The van der Waals surface area contributed by atoms with Crippen LogP contribution >= 0.6 is 0 Å². The molecule has 0 unspecified atom stereocenters. The van der Waals surface area contributed by atoms with E-state index in [9.17, 15) is 19.5 Å². The Kier molecular flexibility index (Phi) is 11.1. The largest absolute Gasteiger partial charge is 0.481 e. The molecule has 0 radical (unpaired) electrons. The molecule has 0 aromatic rings. The number of esters is 2. The van der Waals surface area contributed by atoms with Gasteiger partial charge in [0.25, 0.3) is 0 Å². The third-order valence-corrected chi connectivity index (χ3v) is 15.7. The quantitative estimate of drug-likeness (QED) is 0.176. The van der Waals surface area contributed by atoms with Crippen LogP contribution in [0.4, 0.5) is 0 Å². The minimum Gasteiger partial charge on any atom is -0.481 e. The first kappa shape index (κ1) is 39.2. The highest BCUT2D eigenvalue weighted by atomic mass is 16.6. The Morgan fingerprint density at radius 3 is 2.26 bits per heavy atom. The van der Waals surface area contributed by atoms with Crippen LogP contribution in [0, 0.1) is 56.7 Å². The number of rotatable bonds is 12. The Labute approximate surface area is 302 Å². The Morgan fingerprint density at radius 1 is 0.980 bits per heavy atom. The van der Waals surface area contributed by atoms with E-state index in [-0.39, 0.29) is 52.5 Å². The SMILES string of the molecule is CCN(CC)CCN(C)CC(=O)O[C@H]1[C@H](OC(C)=O)C[C@@]23COC[C@]1(C)[C@@H]2CC[C@H]1C3=CC[C@@]2(C)[C@H](C(=O)O)[C@@](C)([C@H](C)C(C)C)CC[C@]12C. The van der Waals surface area contributed by atoms with Crippen molar-refractivity contribution in [2.75, 3.05) is 53.0 Å². The second kappa shape index (κ2) is 14.1. The summed E-state index contributed by atoms with van der Waals surface area (Å²) in [4.78, 5) is 44.0. The molecule has 1 heterocycles. The van der Waals surface area contributed by atoms with Crippen molar-refractivity contribution in [1.82, 2.24) is 9.80 Å². The maximum Gasteiger partial charge on any atom is 0.320 e. The minimum absolute atomic E-state index is 0.167. The van der Waals surface area contributed by atoms with Crippen molar-refractivity contribution >= 4 is 17.9 Å². The summed E-state index contributed by atoms with van der Waals surface area (Å²) in [7, 11) is 1.95. The molecule has 0 amide bonds. The lowest BCUT2D eigenvalue weighted by Gasteiger charge is -2.71. The molecule has 0 spiro atoms. The highest BCUT2D eigenvalue weighted by Crippen LogP contribution is 2.75. The molecule has 284 valence electrons. The molecule has 0 aromatic heterocycles. The van der Waals surface area contributed by atoms with E-state index in [0.29, 0.717) is 32.0 Å². The van der Waals surface area contributed by atoms with Gasteiger partial charge in [-0.3, -0.25) is 19.3 Å². The van der Waals surface area contributed by atoms with Crippen LogP contribution < -0.4 is 0 Å². The van der Waals surface area contributed by atoms with E-state index in [1.165, 1.54) is 12.5 Å². The van der Waals surface area contributed by atoms with Gasteiger partial charge < -0.3 is 24.2 Å². The molecule has 50 heavy (non-hydrogen) atoms. The van der Waals surface area contributed by atoms with Crippen LogP contribution in [0.25, 0.3) is 0 Å². The highest BCUT2D eigenvalue weighted by Gasteiger charge is 2.72. The number of aliphatic carboxylic acids is 1. The zero-order valence-electron chi connectivity index (χ0n) is 33.1. The summed E-state index contributed by atoms with van der Waals surface area (Å²) in [5.41, 5.74) is -0.453. The zero-order valence-corrected chi connectivity index (χ0v) is 33.1. The van der Waals surface area contributed by atoms with E-state index in [0.717, 1.165) is 51.9 Å². The number of fused-ring (bicyclic) bond motifs is 3. The number of ether oxygens (including phenoxy) is 3. The minimum atomic E-state index is -0.665. The first-order chi connectivity index (χ1) is 23.3. The number of carbonyl (C=O) groups is 3. The number of nitrogens with zero attached hydrogens (tertiary/aromatic N) is 2. The molecule has 0 aromatic carbocycles. The molecule has 1 N–H and O–H groups in total. The first-order valence-electron chi connectivity index (χ1n) is 19.6. The maximum atomic E-state index is 13.6. The fourth-order valence-electron chi connectivity index (χ4n) is 12.4. The normalized spacial score (nSPS) is 41.5. The maximum absolute atomic E-state index is 13.6. The average Bonchev–Trinajstić information content (AvgIpc) is 3.03. The Balaban J connectivity index is 1.48. The molecule has 1 aliphatic heterocycles. The second-order valence-corrected chi connectivity index (χ2v) is 18.4.